The molecule has 0 spiro atoms. The van der Waals surface area contributed by atoms with Crippen LogP contribution in [0.25, 0.3) is 0 Å². The third kappa shape index (κ3) is 2.32. The standard InChI is InChI=1S/C23H22/c1-15-13-17(14-16(15)2)23(3,4)22-20-11-7-5-9-18(20)19-10-6-8-12-21(19)22/h5-14H,1-4H3. The lowest BCUT2D eigenvalue weighted by Gasteiger charge is -2.42. The van der Waals surface area contributed by atoms with Crippen molar-refractivity contribution in [1.29, 1.82) is 0 Å². The summed E-state index contributed by atoms with van der Waals surface area (Å²) in [4.78, 5) is 0. The Morgan fingerprint density at radius 2 is 1.00 bits per heavy atom. The molecule has 23 heavy (non-hydrogen) atoms. The molecule has 4 rings (SSSR count). The van der Waals surface area contributed by atoms with E-state index in [-0.39, 0.29) is 5.41 Å². The summed E-state index contributed by atoms with van der Waals surface area (Å²) < 4.78 is 0. The van der Waals surface area contributed by atoms with Gasteiger partial charge >= 0.3 is 0 Å². The number of rotatable bonds is 2. The molecule has 0 aromatic rings. The molecule has 0 aromatic carbocycles. The van der Waals surface area contributed by atoms with E-state index in [1.54, 1.807) is 0 Å². The van der Waals surface area contributed by atoms with Crippen LogP contribution in [0.2, 0.25) is 0 Å². The quantitative estimate of drug-likeness (QED) is 0.646. The molecule has 0 atom stereocenters. The number of allylic oxidation sites excluding steroid dienone is 8. The fourth-order valence-corrected chi connectivity index (χ4v) is 3.93. The van der Waals surface area contributed by atoms with E-state index in [9.17, 15) is 0 Å². The molecule has 0 unspecified atom stereocenters. The van der Waals surface area contributed by atoms with Crippen molar-refractivity contribution in [3.8, 4) is 0 Å². The number of fused-ring (bicyclic) bond motifs is 3. The van der Waals surface area contributed by atoms with Gasteiger partial charge in [0.25, 0.3) is 0 Å². The Labute approximate surface area is 142 Å². The van der Waals surface area contributed by atoms with Crippen LogP contribution >= 0.6 is 0 Å². The molecule has 0 heterocycles. The molecule has 0 aromatic heterocycles. The molecule has 0 N–H and O–H groups in total. The molecule has 0 amide bonds. The van der Waals surface area contributed by atoms with Crippen molar-refractivity contribution in [1.82, 2.24) is 0 Å². The highest BCUT2D eigenvalue weighted by atomic mass is 14.6. The predicted molar refractivity (Wildman–Crippen MR) is 96.2 cm³/mol. The van der Waals surface area contributed by atoms with Gasteiger partial charge in [0, 0.05) is 29.6 Å². The van der Waals surface area contributed by atoms with Crippen molar-refractivity contribution in [2.75, 3.05) is 0 Å². The smallest absolute Gasteiger partial charge is 0.0209 e. The normalized spacial score (nSPS) is 29.0. The summed E-state index contributed by atoms with van der Waals surface area (Å²) in [5.74, 6) is 11.1. The van der Waals surface area contributed by atoms with Gasteiger partial charge in [0.1, 0.15) is 0 Å². The number of hydrogen-bond donors (Lipinski definition) is 0. The molecule has 114 valence electrons. The second-order valence-electron chi connectivity index (χ2n) is 7.20. The zero-order valence-corrected chi connectivity index (χ0v) is 14.3. The molecule has 0 aliphatic heterocycles. The first-order valence-corrected chi connectivity index (χ1v) is 8.31. The second-order valence-corrected chi connectivity index (χ2v) is 7.20. The van der Waals surface area contributed by atoms with Crippen LogP contribution in [-0.2, 0) is 0 Å². The van der Waals surface area contributed by atoms with Gasteiger partial charge in [-0.25, -0.2) is 0 Å². The summed E-state index contributed by atoms with van der Waals surface area (Å²) in [5, 5.41) is 0. The van der Waals surface area contributed by atoms with Crippen LogP contribution < -0.4 is 0 Å². The predicted octanol–water partition coefficient (Wildman–Crippen LogP) is 5.34. The van der Waals surface area contributed by atoms with E-state index in [2.05, 4.69) is 89.1 Å². The lowest BCUT2D eigenvalue weighted by molar-refractivity contribution is 0.438. The van der Waals surface area contributed by atoms with Crippen molar-refractivity contribution in [2.24, 2.45) is 5.41 Å². The molecular weight excluding hydrogens is 276 g/mol. The fourth-order valence-electron chi connectivity index (χ4n) is 3.93. The average molecular weight is 298 g/mol. The van der Waals surface area contributed by atoms with E-state index in [0.717, 1.165) is 0 Å². The lowest BCUT2D eigenvalue weighted by atomic mass is 9.61. The Morgan fingerprint density at radius 3 is 1.43 bits per heavy atom. The van der Waals surface area contributed by atoms with E-state index in [4.69, 9.17) is 0 Å². The second kappa shape index (κ2) is 5.50. The Kier molecular flexibility index (Phi) is 3.70. The van der Waals surface area contributed by atoms with E-state index in [1.807, 2.05) is 0 Å². The minimum atomic E-state index is -0.0122. The van der Waals surface area contributed by atoms with E-state index < -0.39 is 0 Å². The SMILES string of the molecule is C[C]1[CH][C](C(C)(C)[C]2[C]3C=CC=C[C]3[C]3C=CC=C[C]32)[CH][C]1C. The molecule has 0 saturated heterocycles. The summed E-state index contributed by atoms with van der Waals surface area (Å²) in [6.07, 6.45) is 22.3. The molecule has 0 bridgehead atoms. The largest absolute Gasteiger partial charge is 0.0758 e. The van der Waals surface area contributed by atoms with E-state index in [1.165, 1.54) is 47.3 Å². The van der Waals surface area contributed by atoms with Crippen LogP contribution in [0.4, 0.5) is 0 Å². The van der Waals surface area contributed by atoms with Crippen LogP contribution in [0.1, 0.15) is 27.7 Å². The zero-order valence-electron chi connectivity index (χ0n) is 14.3. The monoisotopic (exact) mass is 298 g/mol. The maximum Gasteiger partial charge on any atom is 0.0209 e. The Hall–Kier alpha value is -1.04. The van der Waals surface area contributed by atoms with E-state index >= 15 is 0 Å². The topological polar surface area (TPSA) is 0 Å². The van der Waals surface area contributed by atoms with Gasteiger partial charge in [-0.1, -0.05) is 76.3 Å². The third-order valence-electron chi connectivity index (χ3n) is 5.40. The Balaban J connectivity index is 1.69. The van der Waals surface area contributed by atoms with Crippen molar-refractivity contribution < 1.29 is 0 Å². The van der Waals surface area contributed by atoms with Gasteiger partial charge in [0.2, 0.25) is 0 Å². The van der Waals surface area contributed by atoms with Crippen LogP contribution in [-0.4, -0.2) is 0 Å². The Morgan fingerprint density at radius 1 is 0.609 bits per heavy atom. The van der Waals surface area contributed by atoms with Crippen LogP contribution in [0, 0.1) is 65.6 Å². The molecule has 4 aliphatic carbocycles. The van der Waals surface area contributed by atoms with Crippen molar-refractivity contribution in [2.45, 2.75) is 27.7 Å². The van der Waals surface area contributed by atoms with Gasteiger partial charge in [0.05, 0.1) is 0 Å². The molecular formula is C23H22. The van der Waals surface area contributed by atoms with Crippen molar-refractivity contribution >= 4 is 0 Å². The molecule has 10 radical (unpaired) electrons. The Bertz CT molecular complexity index is 529. The maximum absolute atomic E-state index is 2.36. The summed E-state index contributed by atoms with van der Waals surface area (Å²) in [5.41, 5.74) is -0.0122. The average Bonchev–Trinajstić information content (AvgIpc) is 3.06. The summed E-state index contributed by atoms with van der Waals surface area (Å²) in [7, 11) is 0. The van der Waals surface area contributed by atoms with E-state index in [0.29, 0.717) is 0 Å². The molecule has 4 aliphatic rings. The fraction of sp³-hybridized carbons (Fsp3) is 0.217. The highest BCUT2D eigenvalue weighted by molar-refractivity contribution is 5.78. The van der Waals surface area contributed by atoms with Gasteiger partial charge in [-0.3, -0.25) is 0 Å². The highest BCUT2D eigenvalue weighted by Crippen LogP contribution is 2.66. The van der Waals surface area contributed by atoms with Crippen LogP contribution in [0.15, 0.2) is 48.6 Å². The minimum absolute atomic E-state index is 0.0122. The van der Waals surface area contributed by atoms with Crippen LogP contribution in [0.3, 0.4) is 0 Å². The first-order chi connectivity index (χ1) is 11.0. The minimum Gasteiger partial charge on any atom is -0.0758 e. The molecule has 0 nitrogen and oxygen atoms in total. The summed E-state index contributed by atoms with van der Waals surface area (Å²) in [6, 6.07) is 0. The maximum atomic E-state index is 2.36. The first-order valence-electron chi connectivity index (χ1n) is 8.31. The zero-order chi connectivity index (χ0) is 16.2. The first kappa shape index (κ1) is 15.5. The third-order valence-corrected chi connectivity index (χ3v) is 5.40. The molecule has 0 heteroatoms. The number of hydrogen-bond acceptors (Lipinski definition) is 0. The summed E-state index contributed by atoms with van der Waals surface area (Å²) >= 11 is 0. The lowest BCUT2D eigenvalue weighted by Crippen LogP contribution is -2.33. The van der Waals surface area contributed by atoms with Gasteiger partial charge in [-0.2, -0.15) is 0 Å². The van der Waals surface area contributed by atoms with Gasteiger partial charge < -0.3 is 0 Å². The molecule has 2 saturated carbocycles. The highest BCUT2D eigenvalue weighted by Gasteiger charge is 2.57. The van der Waals surface area contributed by atoms with Gasteiger partial charge in [-0.05, 0) is 36.0 Å². The van der Waals surface area contributed by atoms with Crippen LogP contribution in [0.5, 0.6) is 0 Å². The van der Waals surface area contributed by atoms with Gasteiger partial charge in [-0.15, -0.1) is 0 Å². The van der Waals surface area contributed by atoms with Gasteiger partial charge in [0.15, 0.2) is 0 Å². The van der Waals surface area contributed by atoms with Crippen molar-refractivity contribution in [3.63, 3.8) is 0 Å². The summed E-state index contributed by atoms with van der Waals surface area (Å²) in [6.45, 7) is 9.12. The van der Waals surface area contributed by atoms with Crippen molar-refractivity contribution in [3.05, 3.63) is 109 Å². The molecule has 2 fully saturated rings.